The van der Waals surface area contributed by atoms with E-state index in [1.807, 2.05) is 35.9 Å². The number of nitrogens with zero attached hydrogens (tertiary/aromatic N) is 3. The van der Waals surface area contributed by atoms with Crippen LogP contribution >= 0.6 is 0 Å². The van der Waals surface area contributed by atoms with Gasteiger partial charge in [0.05, 0.1) is 35.0 Å². The van der Waals surface area contributed by atoms with Crippen molar-refractivity contribution in [1.29, 1.82) is 0 Å². The summed E-state index contributed by atoms with van der Waals surface area (Å²) in [5.74, 6) is -0.158. The molecule has 0 aliphatic heterocycles. The van der Waals surface area contributed by atoms with Gasteiger partial charge in [-0.1, -0.05) is 18.2 Å². The van der Waals surface area contributed by atoms with E-state index in [-0.39, 0.29) is 5.91 Å². The molecule has 0 aliphatic carbocycles. The Morgan fingerprint density at radius 1 is 1.19 bits per heavy atom. The van der Waals surface area contributed by atoms with Gasteiger partial charge in [0.15, 0.2) is 0 Å². The van der Waals surface area contributed by atoms with Gasteiger partial charge in [-0.15, -0.1) is 0 Å². The van der Waals surface area contributed by atoms with Gasteiger partial charge in [-0.05, 0) is 24.3 Å². The number of aromatic nitrogens is 3. The Balaban J connectivity index is 1.86. The highest BCUT2D eigenvalue weighted by Crippen LogP contribution is 2.31. The van der Waals surface area contributed by atoms with E-state index in [1.54, 1.807) is 25.6 Å². The first kappa shape index (κ1) is 16.4. The SMILES string of the molecule is COCCn1c(C(=O)Nc2cccnc2)cc2c1c1ccccc1n2C. The minimum atomic E-state index is -0.158. The summed E-state index contributed by atoms with van der Waals surface area (Å²) in [4.78, 5) is 16.9. The predicted octanol–water partition coefficient (Wildman–Crippen LogP) is 3.43. The van der Waals surface area contributed by atoms with E-state index in [0.29, 0.717) is 24.5 Å². The van der Waals surface area contributed by atoms with Crippen LogP contribution in [0.1, 0.15) is 10.5 Å². The first-order valence-corrected chi connectivity index (χ1v) is 8.47. The van der Waals surface area contributed by atoms with Crippen molar-refractivity contribution >= 4 is 33.5 Å². The molecule has 0 atom stereocenters. The van der Waals surface area contributed by atoms with Gasteiger partial charge in [0.1, 0.15) is 5.69 Å². The van der Waals surface area contributed by atoms with Gasteiger partial charge in [0.2, 0.25) is 0 Å². The van der Waals surface area contributed by atoms with Gasteiger partial charge < -0.3 is 19.2 Å². The Morgan fingerprint density at radius 2 is 2.04 bits per heavy atom. The lowest BCUT2D eigenvalue weighted by molar-refractivity contribution is 0.101. The van der Waals surface area contributed by atoms with Crippen molar-refractivity contribution in [3.05, 3.63) is 60.6 Å². The Kier molecular flexibility index (Phi) is 4.18. The van der Waals surface area contributed by atoms with Crippen LogP contribution in [0.3, 0.4) is 0 Å². The lowest BCUT2D eigenvalue weighted by Crippen LogP contribution is -2.18. The Hall–Kier alpha value is -3.12. The highest BCUT2D eigenvalue weighted by atomic mass is 16.5. The number of nitrogens with one attached hydrogen (secondary N) is 1. The highest BCUT2D eigenvalue weighted by molar-refractivity contribution is 6.12. The van der Waals surface area contributed by atoms with Crippen LogP contribution in [0.2, 0.25) is 0 Å². The van der Waals surface area contributed by atoms with Gasteiger partial charge >= 0.3 is 0 Å². The second kappa shape index (κ2) is 6.65. The molecule has 1 amide bonds. The summed E-state index contributed by atoms with van der Waals surface area (Å²) >= 11 is 0. The van der Waals surface area contributed by atoms with Crippen molar-refractivity contribution in [2.75, 3.05) is 19.0 Å². The molecular formula is C20H20N4O2. The van der Waals surface area contributed by atoms with Crippen LogP contribution in [0.25, 0.3) is 21.9 Å². The fourth-order valence-corrected chi connectivity index (χ4v) is 3.40. The van der Waals surface area contributed by atoms with E-state index >= 15 is 0 Å². The Labute approximate surface area is 151 Å². The molecule has 0 fully saturated rings. The molecule has 0 saturated heterocycles. The predicted molar refractivity (Wildman–Crippen MR) is 102 cm³/mol. The molecule has 4 aromatic rings. The number of amides is 1. The normalized spacial score (nSPS) is 11.3. The van der Waals surface area contributed by atoms with E-state index in [0.717, 1.165) is 21.9 Å². The number of carbonyl (C=O) groups excluding carboxylic acids is 1. The van der Waals surface area contributed by atoms with Crippen LogP contribution in [-0.4, -0.2) is 33.7 Å². The molecule has 1 N–H and O–H groups in total. The zero-order chi connectivity index (χ0) is 18.1. The molecule has 0 unspecified atom stereocenters. The number of hydrogen-bond donors (Lipinski definition) is 1. The molecule has 26 heavy (non-hydrogen) atoms. The highest BCUT2D eigenvalue weighted by Gasteiger charge is 2.20. The number of fused-ring (bicyclic) bond motifs is 3. The first-order valence-electron chi connectivity index (χ1n) is 8.47. The molecule has 0 bridgehead atoms. The van der Waals surface area contributed by atoms with E-state index in [1.165, 1.54) is 0 Å². The Morgan fingerprint density at radius 3 is 2.81 bits per heavy atom. The zero-order valence-electron chi connectivity index (χ0n) is 14.8. The number of ether oxygens (including phenoxy) is 1. The van der Waals surface area contributed by atoms with Gasteiger partial charge in [0, 0.05) is 32.3 Å². The molecule has 3 heterocycles. The summed E-state index contributed by atoms with van der Waals surface area (Å²) in [7, 11) is 3.69. The van der Waals surface area contributed by atoms with Crippen LogP contribution < -0.4 is 5.32 Å². The number of carbonyl (C=O) groups is 1. The average Bonchev–Trinajstić information content (AvgIpc) is 3.17. The number of anilines is 1. The smallest absolute Gasteiger partial charge is 0.272 e. The number of rotatable bonds is 5. The zero-order valence-corrected chi connectivity index (χ0v) is 14.8. The van der Waals surface area contributed by atoms with Crippen molar-refractivity contribution in [2.45, 2.75) is 6.54 Å². The third-order valence-electron chi connectivity index (χ3n) is 4.63. The number of methoxy groups -OCH3 is 1. The van der Waals surface area contributed by atoms with Crippen molar-refractivity contribution in [1.82, 2.24) is 14.1 Å². The lowest BCUT2D eigenvalue weighted by Gasteiger charge is -2.10. The van der Waals surface area contributed by atoms with Gasteiger partial charge in [-0.3, -0.25) is 9.78 Å². The molecule has 3 aromatic heterocycles. The van der Waals surface area contributed by atoms with Gasteiger partial charge in [-0.2, -0.15) is 0 Å². The van der Waals surface area contributed by atoms with Gasteiger partial charge in [-0.25, -0.2) is 0 Å². The van der Waals surface area contributed by atoms with Crippen LogP contribution in [0.5, 0.6) is 0 Å². The summed E-state index contributed by atoms with van der Waals surface area (Å²) in [6.07, 6.45) is 3.31. The molecule has 6 heteroatoms. The third-order valence-corrected chi connectivity index (χ3v) is 4.63. The summed E-state index contributed by atoms with van der Waals surface area (Å²) < 4.78 is 9.42. The second-order valence-electron chi connectivity index (χ2n) is 6.18. The fraction of sp³-hybridized carbons (Fsp3) is 0.200. The van der Waals surface area contributed by atoms with Crippen LogP contribution in [-0.2, 0) is 18.3 Å². The van der Waals surface area contributed by atoms with Crippen molar-refractivity contribution in [3.63, 3.8) is 0 Å². The molecule has 4 rings (SSSR count). The monoisotopic (exact) mass is 348 g/mol. The number of hydrogen-bond acceptors (Lipinski definition) is 3. The van der Waals surface area contributed by atoms with Crippen molar-refractivity contribution < 1.29 is 9.53 Å². The van der Waals surface area contributed by atoms with Crippen LogP contribution in [0, 0.1) is 0 Å². The van der Waals surface area contributed by atoms with Crippen molar-refractivity contribution in [2.24, 2.45) is 7.05 Å². The number of para-hydroxylation sites is 1. The maximum atomic E-state index is 12.9. The first-order chi connectivity index (χ1) is 12.7. The summed E-state index contributed by atoms with van der Waals surface area (Å²) in [6, 6.07) is 13.8. The summed E-state index contributed by atoms with van der Waals surface area (Å²) in [5.41, 5.74) is 4.50. The molecule has 1 aromatic carbocycles. The minimum Gasteiger partial charge on any atom is -0.383 e. The van der Waals surface area contributed by atoms with E-state index in [2.05, 4.69) is 27.0 Å². The summed E-state index contributed by atoms with van der Waals surface area (Å²) in [6.45, 7) is 1.13. The quantitative estimate of drug-likeness (QED) is 0.601. The summed E-state index contributed by atoms with van der Waals surface area (Å²) in [5, 5.41) is 4.05. The number of pyridine rings is 1. The molecule has 0 aliphatic rings. The van der Waals surface area contributed by atoms with E-state index < -0.39 is 0 Å². The minimum absolute atomic E-state index is 0.158. The number of aryl methyl sites for hydroxylation is 1. The lowest BCUT2D eigenvalue weighted by atomic mass is 10.2. The van der Waals surface area contributed by atoms with Crippen LogP contribution in [0.15, 0.2) is 54.9 Å². The molecule has 0 radical (unpaired) electrons. The fourth-order valence-electron chi connectivity index (χ4n) is 3.40. The molecule has 6 nitrogen and oxygen atoms in total. The topological polar surface area (TPSA) is 61.1 Å². The van der Waals surface area contributed by atoms with Gasteiger partial charge in [0.25, 0.3) is 5.91 Å². The Bertz CT molecular complexity index is 1080. The largest absolute Gasteiger partial charge is 0.383 e. The maximum Gasteiger partial charge on any atom is 0.272 e. The number of benzene rings is 1. The van der Waals surface area contributed by atoms with Crippen molar-refractivity contribution in [3.8, 4) is 0 Å². The standard InChI is InChI=1S/C20H20N4O2/c1-23-16-8-4-3-7-15(16)19-17(23)12-18(24(19)10-11-26-2)20(25)22-14-6-5-9-21-13-14/h3-9,12-13H,10-11H2,1-2H3,(H,22,25). The average molecular weight is 348 g/mol. The molecule has 0 spiro atoms. The molecular weight excluding hydrogens is 328 g/mol. The molecule has 132 valence electrons. The maximum absolute atomic E-state index is 12.9. The molecule has 0 saturated carbocycles. The van der Waals surface area contributed by atoms with E-state index in [9.17, 15) is 4.79 Å². The second-order valence-corrected chi connectivity index (χ2v) is 6.18. The van der Waals surface area contributed by atoms with E-state index in [4.69, 9.17) is 4.74 Å². The van der Waals surface area contributed by atoms with Crippen LogP contribution in [0.4, 0.5) is 5.69 Å². The third kappa shape index (κ3) is 2.64.